The van der Waals surface area contributed by atoms with Crippen molar-refractivity contribution in [3.8, 4) is 11.5 Å². The molecule has 0 saturated heterocycles. The van der Waals surface area contributed by atoms with Gasteiger partial charge in [-0.15, -0.1) is 0 Å². The quantitative estimate of drug-likeness (QED) is 0.487. The second kappa shape index (κ2) is 11.9. The lowest BCUT2D eigenvalue weighted by Crippen LogP contribution is -2.32. The first-order chi connectivity index (χ1) is 15.9. The average Bonchev–Trinajstić information content (AvgIpc) is 3.31. The van der Waals surface area contributed by atoms with E-state index < -0.39 is 10.0 Å². The molecule has 8 heteroatoms. The molecule has 3 rings (SSSR count). The number of methoxy groups -OCH3 is 1. The summed E-state index contributed by atoms with van der Waals surface area (Å²) in [6.07, 6.45) is 7.73. The maximum Gasteiger partial charge on any atom is 0.244 e. The van der Waals surface area contributed by atoms with Gasteiger partial charge in [0.15, 0.2) is 11.5 Å². The zero-order valence-corrected chi connectivity index (χ0v) is 20.0. The number of amides is 1. The molecule has 0 atom stereocenters. The van der Waals surface area contributed by atoms with Crippen LogP contribution in [0.25, 0.3) is 6.08 Å². The zero-order chi connectivity index (χ0) is 23.7. The van der Waals surface area contributed by atoms with Crippen LogP contribution in [0, 0.1) is 0 Å². The second-order valence-corrected chi connectivity index (χ2v) is 9.68. The third-order valence-electron chi connectivity index (χ3n) is 5.54. The van der Waals surface area contributed by atoms with Crippen LogP contribution in [0.3, 0.4) is 0 Å². The molecule has 0 heterocycles. The fourth-order valence-corrected chi connectivity index (χ4v) is 5.09. The smallest absolute Gasteiger partial charge is 0.244 e. The van der Waals surface area contributed by atoms with E-state index in [4.69, 9.17) is 9.47 Å². The molecule has 2 aromatic carbocycles. The monoisotopic (exact) mass is 472 g/mol. The van der Waals surface area contributed by atoms with Gasteiger partial charge in [-0.1, -0.05) is 31.0 Å². The third-order valence-corrected chi connectivity index (χ3v) is 7.07. The highest BCUT2D eigenvalue weighted by Gasteiger charge is 2.22. The van der Waals surface area contributed by atoms with Gasteiger partial charge in [-0.25, -0.2) is 13.1 Å². The Morgan fingerprint density at radius 2 is 1.82 bits per heavy atom. The summed E-state index contributed by atoms with van der Waals surface area (Å²) in [5, 5.41) is 2.84. The van der Waals surface area contributed by atoms with E-state index in [1.165, 1.54) is 6.08 Å². The van der Waals surface area contributed by atoms with Gasteiger partial charge in [-0.2, -0.15) is 0 Å². The highest BCUT2D eigenvalue weighted by molar-refractivity contribution is 7.89. The van der Waals surface area contributed by atoms with Crippen molar-refractivity contribution in [3.63, 3.8) is 0 Å². The number of sulfonamides is 1. The van der Waals surface area contributed by atoms with E-state index in [0.29, 0.717) is 31.1 Å². The zero-order valence-electron chi connectivity index (χ0n) is 19.2. The van der Waals surface area contributed by atoms with Gasteiger partial charge < -0.3 is 14.8 Å². The molecule has 7 nitrogen and oxygen atoms in total. The van der Waals surface area contributed by atoms with Gasteiger partial charge >= 0.3 is 0 Å². The van der Waals surface area contributed by atoms with Crippen LogP contribution in [0.1, 0.15) is 43.7 Å². The maximum absolute atomic E-state index is 12.5. The molecule has 33 heavy (non-hydrogen) atoms. The van der Waals surface area contributed by atoms with Crippen molar-refractivity contribution in [1.29, 1.82) is 0 Å². The predicted octanol–water partition coefficient (Wildman–Crippen LogP) is 3.69. The van der Waals surface area contributed by atoms with Crippen molar-refractivity contribution in [3.05, 3.63) is 59.7 Å². The summed E-state index contributed by atoms with van der Waals surface area (Å²) in [4.78, 5) is 12.4. The Kier molecular flexibility index (Phi) is 8.91. The molecular formula is C25H32N2O5S. The van der Waals surface area contributed by atoms with Crippen LogP contribution < -0.4 is 19.5 Å². The van der Waals surface area contributed by atoms with Gasteiger partial charge in [-0.3, -0.25) is 4.79 Å². The lowest BCUT2D eigenvalue weighted by atomic mass is 10.1. The van der Waals surface area contributed by atoms with Gasteiger partial charge in [0, 0.05) is 18.7 Å². The first-order valence-electron chi connectivity index (χ1n) is 11.3. The third kappa shape index (κ3) is 7.33. The van der Waals surface area contributed by atoms with Crippen molar-refractivity contribution in [2.45, 2.75) is 50.0 Å². The molecule has 2 N–H and O–H groups in total. The van der Waals surface area contributed by atoms with E-state index in [-0.39, 0.29) is 16.8 Å². The van der Waals surface area contributed by atoms with Crippen LogP contribution in [0.2, 0.25) is 0 Å². The summed E-state index contributed by atoms with van der Waals surface area (Å²) in [6.45, 7) is 2.90. The minimum absolute atomic E-state index is 0.0432. The number of ether oxygens (including phenoxy) is 2. The summed E-state index contributed by atoms with van der Waals surface area (Å²) in [5.74, 6) is 1.07. The Bertz CT molecular complexity index is 1060. The van der Waals surface area contributed by atoms with Gasteiger partial charge in [-0.05, 0) is 67.7 Å². The molecule has 1 saturated carbocycles. The largest absolute Gasteiger partial charge is 0.493 e. The highest BCUT2D eigenvalue weighted by Crippen LogP contribution is 2.28. The number of nitrogens with one attached hydrogen (secondary N) is 2. The van der Waals surface area contributed by atoms with E-state index in [2.05, 4.69) is 10.0 Å². The summed E-state index contributed by atoms with van der Waals surface area (Å²) >= 11 is 0. The molecule has 0 radical (unpaired) electrons. The standard InChI is InChI=1S/C25H32N2O5S/c1-3-32-23-14-10-20(18-24(23)31-2)11-15-25(28)26-17-16-19-8-12-22(13-9-19)33(29,30)27-21-6-4-5-7-21/h8-15,18,21,27H,3-7,16-17H2,1-2H3,(H,26,28)/b15-11+. The van der Waals surface area contributed by atoms with E-state index in [0.717, 1.165) is 36.8 Å². The molecule has 0 aliphatic heterocycles. The first-order valence-corrected chi connectivity index (χ1v) is 12.8. The second-order valence-electron chi connectivity index (χ2n) is 7.96. The van der Waals surface area contributed by atoms with Gasteiger partial charge in [0.1, 0.15) is 0 Å². The van der Waals surface area contributed by atoms with Crippen molar-refractivity contribution in [1.82, 2.24) is 10.0 Å². The molecule has 1 aliphatic rings. The van der Waals surface area contributed by atoms with Gasteiger partial charge in [0.2, 0.25) is 15.9 Å². The maximum atomic E-state index is 12.5. The Balaban J connectivity index is 1.47. The van der Waals surface area contributed by atoms with Crippen molar-refractivity contribution in [2.24, 2.45) is 0 Å². The lowest BCUT2D eigenvalue weighted by molar-refractivity contribution is -0.116. The predicted molar refractivity (Wildman–Crippen MR) is 129 cm³/mol. The first kappa shape index (κ1) is 24.8. The van der Waals surface area contributed by atoms with Gasteiger partial charge in [0.25, 0.3) is 0 Å². The van der Waals surface area contributed by atoms with Crippen molar-refractivity contribution >= 4 is 22.0 Å². The molecule has 0 aromatic heterocycles. The summed E-state index contributed by atoms with van der Waals surface area (Å²) < 4.78 is 38.6. The fraction of sp³-hybridized carbons (Fsp3) is 0.400. The Labute approximate surface area is 196 Å². The Morgan fingerprint density at radius 1 is 1.09 bits per heavy atom. The lowest BCUT2D eigenvalue weighted by Gasteiger charge is -2.13. The van der Waals surface area contributed by atoms with E-state index in [1.807, 2.05) is 25.1 Å². The number of hydrogen-bond acceptors (Lipinski definition) is 5. The summed E-state index contributed by atoms with van der Waals surface area (Å²) in [5.41, 5.74) is 1.78. The average molecular weight is 473 g/mol. The summed E-state index contributed by atoms with van der Waals surface area (Å²) in [7, 11) is -1.91. The number of carbonyl (C=O) groups is 1. The molecular weight excluding hydrogens is 440 g/mol. The number of carbonyl (C=O) groups excluding carboxylic acids is 1. The van der Waals surface area contributed by atoms with E-state index >= 15 is 0 Å². The molecule has 1 aliphatic carbocycles. The minimum Gasteiger partial charge on any atom is -0.493 e. The normalized spacial score (nSPS) is 14.5. The van der Waals surface area contributed by atoms with Crippen LogP contribution in [-0.2, 0) is 21.2 Å². The molecule has 0 unspecified atom stereocenters. The molecule has 2 aromatic rings. The fourth-order valence-electron chi connectivity index (χ4n) is 3.79. The van der Waals surface area contributed by atoms with Crippen molar-refractivity contribution in [2.75, 3.05) is 20.3 Å². The topological polar surface area (TPSA) is 93.7 Å². The van der Waals surface area contributed by atoms with Crippen LogP contribution >= 0.6 is 0 Å². The van der Waals surface area contributed by atoms with Crippen LogP contribution in [-0.4, -0.2) is 40.6 Å². The molecule has 1 amide bonds. The number of benzene rings is 2. The van der Waals surface area contributed by atoms with E-state index in [9.17, 15) is 13.2 Å². The minimum atomic E-state index is -3.48. The Morgan fingerprint density at radius 3 is 2.48 bits per heavy atom. The molecule has 1 fully saturated rings. The van der Waals surface area contributed by atoms with Crippen molar-refractivity contribution < 1.29 is 22.7 Å². The Hall–Kier alpha value is -2.84. The van der Waals surface area contributed by atoms with Crippen LogP contribution in [0.4, 0.5) is 0 Å². The number of rotatable bonds is 11. The highest BCUT2D eigenvalue weighted by atomic mass is 32.2. The molecule has 0 bridgehead atoms. The van der Waals surface area contributed by atoms with Gasteiger partial charge in [0.05, 0.1) is 18.6 Å². The molecule has 0 spiro atoms. The van der Waals surface area contributed by atoms with Crippen LogP contribution in [0.5, 0.6) is 11.5 Å². The summed E-state index contributed by atoms with van der Waals surface area (Å²) in [6, 6.07) is 12.3. The number of hydrogen-bond donors (Lipinski definition) is 2. The van der Waals surface area contributed by atoms with E-state index in [1.54, 1.807) is 37.5 Å². The SMILES string of the molecule is CCOc1ccc(/C=C/C(=O)NCCc2ccc(S(=O)(=O)NC3CCCC3)cc2)cc1OC. The molecule has 178 valence electrons. The van der Waals surface area contributed by atoms with Crippen LogP contribution in [0.15, 0.2) is 53.4 Å².